The second kappa shape index (κ2) is 5.18. The van der Waals surface area contributed by atoms with Crippen LogP contribution in [0.5, 0.6) is 0 Å². The second-order valence-corrected chi connectivity index (χ2v) is 4.42. The summed E-state index contributed by atoms with van der Waals surface area (Å²) in [6.07, 6.45) is -4.55. The van der Waals surface area contributed by atoms with Gasteiger partial charge in [-0.05, 0) is 24.1 Å². The first-order chi connectivity index (χ1) is 7.79. The number of halogens is 4. The molecule has 0 aliphatic heterocycles. The summed E-state index contributed by atoms with van der Waals surface area (Å²) in [6.45, 7) is 0.641. The Morgan fingerprint density at radius 3 is 2.47 bits per heavy atom. The molecule has 0 spiro atoms. The van der Waals surface area contributed by atoms with Gasteiger partial charge >= 0.3 is 6.18 Å². The van der Waals surface area contributed by atoms with Crippen molar-refractivity contribution in [2.45, 2.75) is 24.5 Å². The fourth-order valence-electron chi connectivity index (χ4n) is 1.50. The average Bonchev–Trinajstić information content (AvgIpc) is 2.25. The number of aliphatic hydroxyl groups excluding tert-OH is 1. The lowest BCUT2D eigenvalue weighted by Crippen LogP contribution is -2.15. The lowest BCUT2D eigenvalue weighted by molar-refractivity contribution is -0.138. The lowest BCUT2D eigenvalue weighted by atomic mass is 9.96. The number of carbonyl (C=O) groups is 1. The van der Waals surface area contributed by atoms with Crippen LogP contribution >= 0.6 is 15.9 Å². The van der Waals surface area contributed by atoms with Gasteiger partial charge in [0.1, 0.15) is 5.78 Å². The Balaban J connectivity index is 3.46. The number of hydrogen-bond donors (Lipinski definition) is 1. The van der Waals surface area contributed by atoms with Crippen molar-refractivity contribution in [1.29, 1.82) is 0 Å². The molecule has 0 radical (unpaired) electrons. The van der Waals surface area contributed by atoms with Gasteiger partial charge in [-0.2, -0.15) is 13.2 Å². The van der Waals surface area contributed by atoms with Gasteiger partial charge in [-0.1, -0.05) is 28.1 Å². The van der Waals surface area contributed by atoms with Crippen molar-refractivity contribution in [2.75, 3.05) is 0 Å². The highest BCUT2D eigenvalue weighted by atomic mass is 79.9. The summed E-state index contributed by atoms with van der Waals surface area (Å²) in [6, 6.07) is 3.46. The maximum Gasteiger partial charge on any atom is 0.416 e. The van der Waals surface area contributed by atoms with Gasteiger partial charge in [-0.25, -0.2) is 0 Å². The highest BCUT2D eigenvalue weighted by molar-refractivity contribution is 9.09. The van der Waals surface area contributed by atoms with E-state index in [-0.39, 0.29) is 11.1 Å². The number of ketones is 1. The van der Waals surface area contributed by atoms with Crippen LogP contribution in [0.15, 0.2) is 18.2 Å². The molecule has 1 atom stereocenters. The van der Waals surface area contributed by atoms with Crippen LogP contribution in [0.25, 0.3) is 0 Å². The first-order valence-corrected chi connectivity index (χ1v) is 5.65. The summed E-state index contributed by atoms with van der Waals surface area (Å²) in [5.74, 6) is -0.448. The predicted molar refractivity (Wildman–Crippen MR) is 59.7 cm³/mol. The molecule has 1 unspecified atom stereocenters. The van der Waals surface area contributed by atoms with Crippen molar-refractivity contribution in [3.63, 3.8) is 0 Å². The van der Waals surface area contributed by atoms with Gasteiger partial charge in [0.25, 0.3) is 0 Å². The molecule has 6 heteroatoms. The zero-order chi connectivity index (χ0) is 13.2. The third-order valence-electron chi connectivity index (χ3n) is 2.28. The van der Waals surface area contributed by atoms with E-state index in [0.29, 0.717) is 0 Å². The van der Waals surface area contributed by atoms with E-state index >= 15 is 0 Å². The molecule has 0 fully saturated rings. The van der Waals surface area contributed by atoms with Crippen LogP contribution < -0.4 is 0 Å². The highest BCUT2D eigenvalue weighted by Gasteiger charge is 2.36. The van der Waals surface area contributed by atoms with Gasteiger partial charge in [0.15, 0.2) is 0 Å². The fraction of sp³-hybridized carbons (Fsp3) is 0.364. The minimum atomic E-state index is -4.55. The van der Waals surface area contributed by atoms with E-state index < -0.39 is 29.0 Å². The maximum absolute atomic E-state index is 12.8. The standard InChI is InChI=1S/C11H10BrF3O2/c1-6(17)10(12)9-7(5-16)3-2-4-8(9)11(13,14)15/h2-4,10,16H,5H2,1H3. The summed E-state index contributed by atoms with van der Waals surface area (Å²) >= 11 is 2.92. The van der Waals surface area contributed by atoms with Crippen LogP contribution in [0.1, 0.15) is 28.4 Å². The molecular formula is C11H10BrF3O2. The van der Waals surface area contributed by atoms with E-state index in [9.17, 15) is 18.0 Å². The summed E-state index contributed by atoms with van der Waals surface area (Å²) in [7, 11) is 0. The maximum atomic E-state index is 12.8. The number of Topliss-reactive ketones (excluding diaryl/α,β-unsaturated/α-hetero) is 1. The Bertz CT molecular complexity index is 429. The molecule has 1 rings (SSSR count). The molecule has 0 aromatic heterocycles. The molecule has 2 nitrogen and oxygen atoms in total. The lowest BCUT2D eigenvalue weighted by Gasteiger charge is -2.18. The van der Waals surface area contributed by atoms with Crippen molar-refractivity contribution in [3.8, 4) is 0 Å². The summed E-state index contributed by atoms with van der Waals surface area (Å²) in [4.78, 5) is 10.1. The molecule has 1 aromatic rings. The average molecular weight is 311 g/mol. The van der Waals surface area contributed by atoms with E-state index in [1.54, 1.807) is 0 Å². The molecule has 0 aliphatic rings. The third kappa shape index (κ3) is 3.07. The Kier molecular flexibility index (Phi) is 4.32. The number of benzene rings is 1. The Labute approximate surface area is 105 Å². The molecule has 0 bridgehead atoms. The van der Waals surface area contributed by atoms with E-state index in [4.69, 9.17) is 5.11 Å². The Morgan fingerprint density at radius 1 is 1.47 bits per heavy atom. The van der Waals surface area contributed by atoms with E-state index in [1.807, 2.05) is 0 Å². The van der Waals surface area contributed by atoms with Crippen molar-refractivity contribution in [3.05, 3.63) is 34.9 Å². The van der Waals surface area contributed by atoms with Crippen molar-refractivity contribution >= 4 is 21.7 Å². The molecule has 0 saturated carbocycles. The first-order valence-electron chi connectivity index (χ1n) is 4.73. The van der Waals surface area contributed by atoms with Crippen LogP contribution in [0.3, 0.4) is 0 Å². The number of rotatable bonds is 3. The summed E-state index contributed by atoms with van der Waals surface area (Å²) in [5, 5.41) is 9.04. The van der Waals surface area contributed by atoms with Crippen LogP contribution in [-0.2, 0) is 17.6 Å². The number of aliphatic hydroxyl groups is 1. The topological polar surface area (TPSA) is 37.3 Å². The third-order valence-corrected chi connectivity index (χ3v) is 3.39. The van der Waals surface area contributed by atoms with E-state index in [0.717, 1.165) is 6.07 Å². The molecule has 0 heterocycles. The van der Waals surface area contributed by atoms with Crippen LogP contribution in [0.2, 0.25) is 0 Å². The minimum absolute atomic E-state index is 0.0944. The molecule has 94 valence electrons. The number of alkyl halides is 4. The molecule has 1 N–H and O–H groups in total. The number of carbonyl (C=O) groups excluding carboxylic acids is 1. The van der Waals surface area contributed by atoms with Crippen LogP contribution in [0.4, 0.5) is 13.2 Å². The van der Waals surface area contributed by atoms with Crippen LogP contribution in [-0.4, -0.2) is 10.9 Å². The fourth-order valence-corrected chi connectivity index (χ4v) is 2.04. The van der Waals surface area contributed by atoms with Gasteiger partial charge in [0, 0.05) is 0 Å². The highest BCUT2D eigenvalue weighted by Crippen LogP contribution is 2.39. The van der Waals surface area contributed by atoms with Crippen molar-refractivity contribution < 1.29 is 23.1 Å². The van der Waals surface area contributed by atoms with Gasteiger partial charge in [0.2, 0.25) is 0 Å². The molecule has 0 amide bonds. The van der Waals surface area contributed by atoms with Gasteiger partial charge in [-0.3, -0.25) is 4.79 Å². The second-order valence-electron chi connectivity index (χ2n) is 3.51. The number of hydrogen-bond acceptors (Lipinski definition) is 2. The molecule has 0 saturated heterocycles. The zero-order valence-electron chi connectivity index (χ0n) is 8.88. The Morgan fingerprint density at radius 2 is 2.06 bits per heavy atom. The first kappa shape index (κ1) is 14.2. The van der Waals surface area contributed by atoms with Crippen molar-refractivity contribution in [2.24, 2.45) is 0 Å². The van der Waals surface area contributed by atoms with Crippen LogP contribution in [0, 0.1) is 0 Å². The SMILES string of the molecule is CC(=O)C(Br)c1c(CO)cccc1C(F)(F)F. The molecule has 17 heavy (non-hydrogen) atoms. The van der Waals surface area contributed by atoms with E-state index in [2.05, 4.69) is 15.9 Å². The van der Waals surface area contributed by atoms with Gasteiger partial charge in [0.05, 0.1) is 17.0 Å². The largest absolute Gasteiger partial charge is 0.416 e. The molecule has 0 aliphatic carbocycles. The minimum Gasteiger partial charge on any atom is -0.392 e. The quantitative estimate of drug-likeness (QED) is 0.870. The monoisotopic (exact) mass is 310 g/mol. The smallest absolute Gasteiger partial charge is 0.392 e. The molecular weight excluding hydrogens is 301 g/mol. The molecule has 1 aromatic carbocycles. The van der Waals surface area contributed by atoms with Crippen molar-refractivity contribution in [1.82, 2.24) is 0 Å². The van der Waals surface area contributed by atoms with Gasteiger partial charge < -0.3 is 5.11 Å². The summed E-state index contributed by atoms with van der Waals surface area (Å²) < 4.78 is 38.3. The summed E-state index contributed by atoms with van der Waals surface area (Å²) in [5.41, 5.74) is -1.02. The zero-order valence-corrected chi connectivity index (χ0v) is 10.5. The van der Waals surface area contributed by atoms with Gasteiger partial charge in [-0.15, -0.1) is 0 Å². The van der Waals surface area contributed by atoms with E-state index in [1.165, 1.54) is 19.1 Å². The normalized spacial score (nSPS) is 13.5. The predicted octanol–water partition coefficient (Wildman–Crippen LogP) is 3.22. The Hall–Kier alpha value is -0.880.